The van der Waals surface area contributed by atoms with Crippen LogP contribution in [0, 0.1) is 12.3 Å². The van der Waals surface area contributed by atoms with Gasteiger partial charge in [-0.25, -0.2) is 0 Å². The van der Waals surface area contributed by atoms with E-state index in [-0.39, 0.29) is 11.3 Å². The fourth-order valence-corrected chi connectivity index (χ4v) is 4.72. The van der Waals surface area contributed by atoms with Crippen LogP contribution in [0.3, 0.4) is 0 Å². The number of aryl methyl sites for hydroxylation is 1. The summed E-state index contributed by atoms with van der Waals surface area (Å²) in [6, 6.07) is 14.4. The van der Waals surface area contributed by atoms with Gasteiger partial charge in [0.05, 0.1) is 17.7 Å². The van der Waals surface area contributed by atoms with Crippen molar-refractivity contribution in [3.8, 4) is 11.5 Å². The van der Waals surface area contributed by atoms with Crippen molar-refractivity contribution in [1.82, 2.24) is 15.2 Å². The maximum absolute atomic E-state index is 13.6. The van der Waals surface area contributed by atoms with E-state index in [1.54, 1.807) is 6.20 Å². The molecule has 1 unspecified atom stereocenters. The van der Waals surface area contributed by atoms with Gasteiger partial charge < -0.3 is 14.8 Å². The molecule has 36 heavy (non-hydrogen) atoms. The molecule has 2 heterocycles. The summed E-state index contributed by atoms with van der Waals surface area (Å²) in [7, 11) is 2.11. The Kier molecular flexibility index (Phi) is 6.41. The van der Waals surface area contributed by atoms with Crippen molar-refractivity contribution in [3.05, 3.63) is 65.4 Å². The first-order chi connectivity index (χ1) is 17.1. The summed E-state index contributed by atoms with van der Waals surface area (Å²) < 4.78 is 12.2. The number of carbonyl (C=O) groups excluding carboxylic acids is 1. The number of amides is 1. The number of likely N-dealkylation sites (N-methyl/N-ethyl adjacent to an activating group) is 1. The number of nitrogens with zero attached hydrogens (tertiary/aromatic N) is 2. The predicted molar refractivity (Wildman–Crippen MR) is 143 cm³/mol. The molecule has 1 atom stereocenters. The lowest BCUT2D eigenvalue weighted by Gasteiger charge is -2.37. The molecule has 0 bridgehead atoms. The molecule has 0 radical (unpaired) electrons. The van der Waals surface area contributed by atoms with Crippen LogP contribution >= 0.6 is 0 Å². The summed E-state index contributed by atoms with van der Waals surface area (Å²) >= 11 is 0. The van der Waals surface area contributed by atoms with Crippen LogP contribution in [0.15, 0.2) is 48.7 Å². The molecule has 6 nitrogen and oxygen atoms in total. The van der Waals surface area contributed by atoms with Gasteiger partial charge in [-0.1, -0.05) is 32.9 Å². The topological polar surface area (TPSA) is 63.7 Å². The Labute approximate surface area is 214 Å². The van der Waals surface area contributed by atoms with E-state index in [4.69, 9.17) is 9.47 Å². The van der Waals surface area contributed by atoms with Crippen molar-refractivity contribution in [2.75, 3.05) is 26.8 Å². The number of likely N-dealkylation sites (tertiary alicyclic amines) is 1. The highest BCUT2D eigenvalue weighted by atomic mass is 16.5. The average Bonchev–Trinajstić information content (AvgIpc) is 3.62. The van der Waals surface area contributed by atoms with Crippen LogP contribution in [0.5, 0.6) is 11.5 Å². The number of pyridine rings is 1. The monoisotopic (exact) mass is 487 g/mol. The number of hydrogen-bond donors (Lipinski definition) is 1. The lowest BCUT2D eigenvalue weighted by atomic mass is 9.97. The first kappa shape index (κ1) is 24.6. The van der Waals surface area contributed by atoms with Gasteiger partial charge in [-0.15, -0.1) is 0 Å². The van der Waals surface area contributed by atoms with Gasteiger partial charge in [0.25, 0.3) is 5.91 Å². The summed E-state index contributed by atoms with van der Waals surface area (Å²) in [5.74, 6) is 1.46. The zero-order chi connectivity index (χ0) is 25.5. The molecule has 1 N–H and O–H groups in total. The second-order valence-corrected chi connectivity index (χ2v) is 11.6. The number of carbonyl (C=O) groups is 1. The molecule has 6 heteroatoms. The molecule has 1 aliphatic heterocycles. The van der Waals surface area contributed by atoms with Gasteiger partial charge in [0.15, 0.2) is 0 Å². The number of rotatable bonds is 8. The number of hydrogen-bond acceptors (Lipinski definition) is 5. The Morgan fingerprint density at radius 2 is 1.94 bits per heavy atom. The van der Waals surface area contributed by atoms with Crippen LogP contribution in [0.2, 0.25) is 0 Å². The van der Waals surface area contributed by atoms with Gasteiger partial charge in [0.2, 0.25) is 0 Å². The van der Waals surface area contributed by atoms with E-state index in [9.17, 15) is 4.79 Å². The summed E-state index contributed by atoms with van der Waals surface area (Å²) in [6.07, 6.45) is 4.72. The zero-order valence-electron chi connectivity index (χ0n) is 22.1. The third-order valence-corrected chi connectivity index (χ3v) is 7.32. The molecule has 3 aromatic rings. The van der Waals surface area contributed by atoms with E-state index in [0.717, 1.165) is 59.3 Å². The van der Waals surface area contributed by atoms with Crippen molar-refractivity contribution in [3.63, 3.8) is 0 Å². The number of fused-ring (bicyclic) bond motifs is 1. The van der Waals surface area contributed by atoms with E-state index in [0.29, 0.717) is 24.8 Å². The Hall–Kier alpha value is -3.12. The smallest absolute Gasteiger partial charge is 0.252 e. The summed E-state index contributed by atoms with van der Waals surface area (Å²) in [5, 5.41) is 4.42. The minimum atomic E-state index is -0.419. The normalized spacial score (nSPS) is 19.0. The molecule has 2 fully saturated rings. The SMILES string of the molecule is Cc1ccc(OCC2CCN2C)cc1C(=O)NC1(c2cc(OCC(C)(C)C)cc3ncccc23)CC1. The van der Waals surface area contributed by atoms with Crippen molar-refractivity contribution in [1.29, 1.82) is 0 Å². The molecule has 1 aromatic heterocycles. The Morgan fingerprint density at radius 1 is 1.14 bits per heavy atom. The van der Waals surface area contributed by atoms with Crippen LogP contribution in [0.25, 0.3) is 10.9 Å². The molecule has 5 rings (SSSR count). The highest BCUT2D eigenvalue weighted by molar-refractivity contribution is 5.97. The minimum absolute atomic E-state index is 0.0450. The van der Waals surface area contributed by atoms with E-state index >= 15 is 0 Å². The molecule has 2 aromatic carbocycles. The molecule has 2 aliphatic rings. The van der Waals surface area contributed by atoms with Gasteiger partial charge in [-0.2, -0.15) is 0 Å². The first-order valence-corrected chi connectivity index (χ1v) is 12.9. The molecular weight excluding hydrogens is 450 g/mol. The quantitative estimate of drug-likeness (QED) is 0.456. The second kappa shape index (κ2) is 9.40. The van der Waals surface area contributed by atoms with Crippen molar-refractivity contribution >= 4 is 16.8 Å². The van der Waals surface area contributed by atoms with E-state index in [2.05, 4.69) is 55.2 Å². The summed E-state index contributed by atoms with van der Waals surface area (Å²) in [6.45, 7) is 10.8. The van der Waals surface area contributed by atoms with E-state index in [1.165, 1.54) is 0 Å². The second-order valence-electron chi connectivity index (χ2n) is 11.6. The highest BCUT2D eigenvalue weighted by Gasteiger charge is 2.47. The fraction of sp³-hybridized carbons (Fsp3) is 0.467. The summed E-state index contributed by atoms with van der Waals surface area (Å²) in [5.41, 5.74) is 3.17. The van der Waals surface area contributed by atoms with Crippen LogP contribution in [-0.4, -0.2) is 48.6 Å². The molecule has 1 aliphatic carbocycles. The predicted octanol–water partition coefficient (Wildman–Crippen LogP) is 5.47. The molecular formula is C30H37N3O3. The lowest BCUT2D eigenvalue weighted by molar-refractivity contribution is 0.0767. The lowest BCUT2D eigenvalue weighted by Crippen LogP contribution is -2.48. The molecule has 1 amide bonds. The van der Waals surface area contributed by atoms with Crippen LogP contribution < -0.4 is 14.8 Å². The Balaban J connectivity index is 1.39. The fourth-order valence-electron chi connectivity index (χ4n) is 4.72. The highest BCUT2D eigenvalue weighted by Crippen LogP contribution is 2.49. The van der Waals surface area contributed by atoms with Gasteiger partial charge in [-0.3, -0.25) is 14.7 Å². The molecule has 1 saturated heterocycles. The van der Waals surface area contributed by atoms with E-state index in [1.807, 2.05) is 37.3 Å². The number of nitrogens with one attached hydrogen (secondary N) is 1. The Morgan fingerprint density at radius 3 is 2.61 bits per heavy atom. The number of aromatic nitrogens is 1. The maximum atomic E-state index is 13.6. The van der Waals surface area contributed by atoms with E-state index < -0.39 is 5.54 Å². The van der Waals surface area contributed by atoms with Crippen molar-refractivity contribution < 1.29 is 14.3 Å². The largest absolute Gasteiger partial charge is 0.493 e. The van der Waals surface area contributed by atoms with Crippen LogP contribution in [0.4, 0.5) is 0 Å². The molecule has 1 saturated carbocycles. The standard InChI is InChI=1S/C30H37N3O3/c1-20-8-9-22(35-18-21-10-14-33(21)5)15-25(20)28(34)32-30(11-12-30)26-16-23(36-19-29(2,3)4)17-27-24(26)7-6-13-31-27/h6-9,13,15-17,21H,10-12,14,18-19H2,1-5H3,(H,32,34). The van der Waals surface area contributed by atoms with Crippen molar-refractivity contribution in [2.24, 2.45) is 5.41 Å². The molecule has 190 valence electrons. The minimum Gasteiger partial charge on any atom is -0.493 e. The zero-order valence-corrected chi connectivity index (χ0v) is 22.1. The third-order valence-electron chi connectivity index (χ3n) is 7.32. The average molecular weight is 488 g/mol. The van der Waals surface area contributed by atoms with Gasteiger partial charge in [-0.05, 0) is 80.6 Å². The van der Waals surface area contributed by atoms with Crippen LogP contribution in [-0.2, 0) is 5.54 Å². The van der Waals surface area contributed by atoms with Gasteiger partial charge in [0.1, 0.15) is 18.1 Å². The number of benzene rings is 2. The molecule has 0 spiro atoms. The van der Waals surface area contributed by atoms with Crippen molar-refractivity contribution in [2.45, 2.75) is 58.5 Å². The first-order valence-electron chi connectivity index (χ1n) is 12.9. The van der Waals surface area contributed by atoms with Gasteiger partial charge in [0, 0.05) is 29.3 Å². The third kappa shape index (κ3) is 5.19. The maximum Gasteiger partial charge on any atom is 0.252 e. The van der Waals surface area contributed by atoms with Crippen LogP contribution in [0.1, 0.15) is 61.5 Å². The number of ether oxygens (including phenoxy) is 2. The van der Waals surface area contributed by atoms with Gasteiger partial charge >= 0.3 is 0 Å². The summed E-state index contributed by atoms with van der Waals surface area (Å²) in [4.78, 5) is 20.4. The Bertz CT molecular complexity index is 1280.